The summed E-state index contributed by atoms with van der Waals surface area (Å²) in [6.07, 6.45) is 1.52. The molecule has 5 nitrogen and oxygen atoms in total. The molecule has 26 heavy (non-hydrogen) atoms. The van der Waals surface area contributed by atoms with Gasteiger partial charge in [-0.2, -0.15) is 5.10 Å². The molecule has 0 aliphatic rings. The molecule has 3 aromatic rings. The maximum Gasteiger partial charge on any atom is 0.141 e. The van der Waals surface area contributed by atoms with E-state index >= 15 is 0 Å². The number of aromatic amines is 1. The Morgan fingerprint density at radius 3 is 2.58 bits per heavy atom. The molecular formula is C20H23ClN4O. The minimum Gasteiger partial charge on any atom is -0.488 e. The fourth-order valence-corrected chi connectivity index (χ4v) is 3.12. The molecule has 1 aromatic heterocycles. The number of nitrogens with zero attached hydrogens (tertiary/aromatic N) is 2. The third-order valence-electron chi connectivity index (χ3n) is 4.31. The summed E-state index contributed by atoms with van der Waals surface area (Å²) in [5.74, 6) is 1.75. The van der Waals surface area contributed by atoms with E-state index in [4.69, 9.17) is 16.3 Å². The van der Waals surface area contributed by atoms with Crippen LogP contribution in [0.4, 0.5) is 0 Å². The molecule has 0 aliphatic heterocycles. The van der Waals surface area contributed by atoms with Crippen molar-refractivity contribution in [2.45, 2.75) is 40.0 Å². The molecule has 1 heterocycles. The smallest absolute Gasteiger partial charge is 0.141 e. The Kier molecular flexibility index (Phi) is 5.91. The highest BCUT2D eigenvalue weighted by atomic mass is 35.5. The highest BCUT2D eigenvalue weighted by Crippen LogP contribution is 2.27. The lowest BCUT2D eigenvalue weighted by Crippen LogP contribution is -2.19. The average Bonchev–Trinajstić information content (AvgIpc) is 3.15. The van der Waals surface area contributed by atoms with E-state index in [2.05, 4.69) is 53.4 Å². The fraction of sp³-hybridized carbons (Fsp3) is 0.300. The van der Waals surface area contributed by atoms with Gasteiger partial charge in [0.25, 0.3) is 0 Å². The quantitative estimate of drug-likeness (QED) is 0.642. The number of hydrogen-bond donors (Lipinski definition) is 2. The maximum absolute atomic E-state index is 6.21. The first-order chi connectivity index (χ1) is 12.5. The van der Waals surface area contributed by atoms with Crippen molar-refractivity contribution in [3.63, 3.8) is 0 Å². The first kappa shape index (κ1) is 18.4. The number of nitrogens with one attached hydrogen (secondary N) is 2. The molecule has 2 aromatic carbocycles. The summed E-state index contributed by atoms with van der Waals surface area (Å²) in [6, 6.07) is 12.2. The van der Waals surface area contributed by atoms with Crippen LogP contribution in [0.3, 0.4) is 0 Å². The molecule has 3 rings (SSSR count). The van der Waals surface area contributed by atoms with Gasteiger partial charge in [0, 0.05) is 17.1 Å². The van der Waals surface area contributed by atoms with Gasteiger partial charge in [-0.15, -0.1) is 0 Å². The highest BCUT2D eigenvalue weighted by molar-refractivity contribution is 6.31. The first-order valence-corrected chi connectivity index (χ1v) is 8.97. The second-order valence-electron chi connectivity index (χ2n) is 6.41. The summed E-state index contributed by atoms with van der Waals surface area (Å²) in [5.41, 5.74) is 4.42. The van der Waals surface area contributed by atoms with Crippen molar-refractivity contribution in [2.75, 3.05) is 0 Å². The van der Waals surface area contributed by atoms with Gasteiger partial charge in [-0.25, -0.2) is 4.98 Å². The van der Waals surface area contributed by atoms with Crippen LogP contribution < -0.4 is 10.1 Å². The van der Waals surface area contributed by atoms with Crippen LogP contribution in [0.15, 0.2) is 42.7 Å². The second kappa shape index (κ2) is 8.34. The van der Waals surface area contributed by atoms with Crippen LogP contribution in [-0.4, -0.2) is 15.2 Å². The Labute approximate surface area is 158 Å². The Morgan fingerprint density at radius 1 is 1.19 bits per heavy atom. The van der Waals surface area contributed by atoms with Gasteiger partial charge in [0.2, 0.25) is 0 Å². The van der Waals surface area contributed by atoms with Crippen molar-refractivity contribution in [3.05, 3.63) is 75.8 Å². The summed E-state index contributed by atoms with van der Waals surface area (Å²) < 4.78 is 6.05. The van der Waals surface area contributed by atoms with Gasteiger partial charge in [-0.3, -0.25) is 5.10 Å². The topological polar surface area (TPSA) is 62.8 Å². The highest BCUT2D eigenvalue weighted by Gasteiger charge is 2.11. The molecule has 0 saturated heterocycles. The lowest BCUT2D eigenvalue weighted by Gasteiger charge is -2.16. The largest absolute Gasteiger partial charge is 0.488 e. The summed E-state index contributed by atoms with van der Waals surface area (Å²) >= 11 is 6.21. The molecule has 1 atom stereocenters. The van der Waals surface area contributed by atoms with Crippen molar-refractivity contribution < 1.29 is 4.74 Å². The molecule has 0 bridgehead atoms. The molecule has 0 spiro atoms. The van der Waals surface area contributed by atoms with Crippen molar-refractivity contribution in [3.8, 4) is 5.75 Å². The monoisotopic (exact) mass is 370 g/mol. The normalized spacial score (nSPS) is 12.2. The van der Waals surface area contributed by atoms with Gasteiger partial charge in [-0.1, -0.05) is 41.9 Å². The molecule has 1 unspecified atom stereocenters. The zero-order chi connectivity index (χ0) is 18.5. The van der Waals surface area contributed by atoms with Crippen LogP contribution in [0.1, 0.15) is 41.0 Å². The van der Waals surface area contributed by atoms with Crippen LogP contribution in [0.25, 0.3) is 0 Å². The van der Waals surface area contributed by atoms with Crippen LogP contribution in [0.2, 0.25) is 5.02 Å². The fourth-order valence-electron chi connectivity index (χ4n) is 2.93. The molecular weight excluding hydrogens is 348 g/mol. The van der Waals surface area contributed by atoms with Crippen LogP contribution in [0, 0.1) is 13.8 Å². The van der Waals surface area contributed by atoms with Crippen molar-refractivity contribution in [1.29, 1.82) is 0 Å². The third-order valence-corrected chi connectivity index (χ3v) is 4.67. The van der Waals surface area contributed by atoms with Crippen LogP contribution >= 0.6 is 11.6 Å². The SMILES string of the molecule is Cc1cc(CNC(C)c2ncn[nH]2)cc(C)c1OCc1ccccc1Cl. The molecule has 0 aliphatic carbocycles. The Balaban J connectivity index is 1.65. The van der Waals surface area contributed by atoms with Gasteiger partial charge < -0.3 is 10.1 Å². The van der Waals surface area contributed by atoms with Crippen molar-refractivity contribution in [2.24, 2.45) is 0 Å². The van der Waals surface area contributed by atoms with E-state index in [9.17, 15) is 0 Å². The third kappa shape index (κ3) is 4.42. The van der Waals surface area contributed by atoms with Crippen molar-refractivity contribution in [1.82, 2.24) is 20.5 Å². The number of aromatic nitrogens is 3. The molecule has 0 amide bonds. The van der Waals surface area contributed by atoms with Gasteiger partial charge in [0.1, 0.15) is 24.5 Å². The van der Waals surface area contributed by atoms with E-state index in [1.54, 1.807) is 0 Å². The first-order valence-electron chi connectivity index (χ1n) is 8.59. The number of benzene rings is 2. The predicted octanol–water partition coefficient (Wildman–Crippen LogP) is 4.50. The number of aryl methyl sites for hydroxylation is 2. The Morgan fingerprint density at radius 2 is 1.92 bits per heavy atom. The number of ether oxygens (including phenoxy) is 1. The van der Waals surface area contributed by atoms with Gasteiger partial charge >= 0.3 is 0 Å². The minimum absolute atomic E-state index is 0.106. The van der Waals surface area contributed by atoms with E-state index in [1.165, 1.54) is 11.9 Å². The minimum atomic E-state index is 0.106. The van der Waals surface area contributed by atoms with E-state index in [-0.39, 0.29) is 6.04 Å². The molecule has 6 heteroatoms. The average molecular weight is 371 g/mol. The zero-order valence-electron chi connectivity index (χ0n) is 15.2. The van der Waals surface area contributed by atoms with E-state index < -0.39 is 0 Å². The van der Waals surface area contributed by atoms with Gasteiger partial charge in [0.15, 0.2) is 0 Å². The number of halogens is 1. The molecule has 0 radical (unpaired) electrons. The summed E-state index contributed by atoms with van der Waals surface area (Å²) in [7, 11) is 0. The number of hydrogen-bond acceptors (Lipinski definition) is 4. The molecule has 2 N–H and O–H groups in total. The Bertz CT molecular complexity index is 841. The Hall–Kier alpha value is -2.37. The number of H-pyrrole nitrogens is 1. The van der Waals surface area contributed by atoms with Gasteiger partial charge in [0.05, 0.1) is 6.04 Å². The predicted molar refractivity (Wildman–Crippen MR) is 103 cm³/mol. The molecule has 0 fully saturated rings. The zero-order valence-corrected chi connectivity index (χ0v) is 16.0. The molecule has 0 saturated carbocycles. The summed E-state index contributed by atoms with van der Waals surface area (Å²) in [5, 5.41) is 11.0. The summed E-state index contributed by atoms with van der Waals surface area (Å²) in [4.78, 5) is 4.18. The lowest BCUT2D eigenvalue weighted by molar-refractivity contribution is 0.302. The second-order valence-corrected chi connectivity index (χ2v) is 6.82. The summed E-state index contributed by atoms with van der Waals surface area (Å²) in [6.45, 7) is 7.40. The van der Waals surface area contributed by atoms with E-state index in [1.807, 2.05) is 24.3 Å². The van der Waals surface area contributed by atoms with Crippen LogP contribution in [0.5, 0.6) is 5.75 Å². The van der Waals surface area contributed by atoms with Gasteiger partial charge in [-0.05, 0) is 43.5 Å². The lowest BCUT2D eigenvalue weighted by atomic mass is 10.1. The maximum atomic E-state index is 6.21. The number of rotatable bonds is 7. The molecule has 136 valence electrons. The van der Waals surface area contributed by atoms with E-state index in [0.717, 1.165) is 39.8 Å². The van der Waals surface area contributed by atoms with Crippen molar-refractivity contribution >= 4 is 11.6 Å². The van der Waals surface area contributed by atoms with E-state index in [0.29, 0.717) is 6.61 Å². The standard InChI is InChI=1S/C20H23ClN4O/c1-13-8-16(10-22-15(3)20-23-12-24-25-20)9-14(2)19(13)26-11-17-6-4-5-7-18(17)21/h4-9,12,15,22H,10-11H2,1-3H3,(H,23,24,25). The van der Waals surface area contributed by atoms with Crippen LogP contribution in [-0.2, 0) is 13.2 Å².